The molecule has 6 aromatic rings. The van der Waals surface area contributed by atoms with Gasteiger partial charge in [-0.2, -0.15) is 13.0 Å². The molecule has 3 heterocycles. The van der Waals surface area contributed by atoms with Crippen LogP contribution in [0.25, 0.3) is 21.5 Å². The fraction of sp³-hybridized carbons (Fsp3) is 0.240. The van der Waals surface area contributed by atoms with Crippen molar-refractivity contribution in [1.82, 2.24) is 4.73 Å². The van der Waals surface area contributed by atoms with Gasteiger partial charge in [-0.05, 0) is 84.1 Å². The third-order valence-corrected chi connectivity index (χ3v) is 13.8. The maximum atomic E-state index is 12.5. The van der Waals surface area contributed by atoms with E-state index < -0.39 is 21.5 Å². The lowest BCUT2D eigenvalue weighted by Crippen LogP contribution is -2.27. The Morgan fingerprint density at radius 2 is 1.46 bits per heavy atom. The van der Waals surface area contributed by atoms with Gasteiger partial charge in [0.15, 0.2) is 12.3 Å². The number of hydrogen-bond acceptors (Lipinski definition) is 11. The lowest BCUT2D eigenvalue weighted by atomic mass is 9.79. The fourth-order valence-corrected chi connectivity index (χ4v) is 10.4. The molecule has 0 radical (unpaired) electrons. The summed E-state index contributed by atoms with van der Waals surface area (Å²) in [6.45, 7) is 9.88. The standard InChI is InChI=1S/C50H49N3O10S2/c1-49(2)42(51(39-26-23-33-15-10-12-17-37(33)47(39)49)30-14-6-9-21-46(56)61-53-44(54)28-29-45(53)55)19-7-5-8-20-43-50(3,4)48-38-18-13-11-16-34(38)24-27-40(48)52(43)32-35-22-25-36(65(58,59)60)31-41(35)64-63-62-57/h5,7-8,10-13,15-20,22-29,31H,6,9,14,21,30,32H2,1-4H3,(H3-,54,55,57,58,59,60)/p+1. The van der Waals surface area contributed by atoms with E-state index in [1.807, 2.05) is 30.4 Å². The summed E-state index contributed by atoms with van der Waals surface area (Å²) in [7, 11) is -4.52. The van der Waals surface area contributed by atoms with Crippen molar-refractivity contribution >= 4 is 66.8 Å². The summed E-state index contributed by atoms with van der Waals surface area (Å²) >= 11 is 0.630. The van der Waals surface area contributed by atoms with E-state index in [2.05, 4.69) is 115 Å². The van der Waals surface area contributed by atoms with Crippen molar-refractivity contribution in [3.05, 3.63) is 156 Å². The van der Waals surface area contributed by atoms with E-state index in [1.54, 1.807) is 6.07 Å². The quantitative estimate of drug-likeness (QED) is 0.0138. The van der Waals surface area contributed by atoms with E-state index in [9.17, 15) is 28.0 Å². The highest BCUT2D eigenvalue weighted by Crippen LogP contribution is 2.51. The minimum Gasteiger partial charge on any atom is -0.492 e. The molecule has 0 atom stereocenters. The Bertz CT molecular complexity index is 3040. The number of aromatic hydroxyl groups is 2. The number of anilines is 1. The lowest BCUT2D eigenvalue weighted by Gasteiger charge is -2.27. The van der Waals surface area contributed by atoms with Crippen LogP contribution in [-0.4, -0.2) is 56.0 Å². The van der Waals surface area contributed by atoms with Gasteiger partial charge in [0.25, 0.3) is 10.1 Å². The number of aromatic nitrogens is 1. The number of fused-ring (bicyclic) bond motifs is 6. The topological polar surface area (TPSA) is 171 Å². The molecule has 0 spiro atoms. The zero-order valence-electron chi connectivity index (χ0n) is 36.3. The Kier molecular flexibility index (Phi) is 12.8. The number of carbonyl (C=O) groups excluding carboxylic acids is 1. The van der Waals surface area contributed by atoms with Gasteiger partial charge in [0.2, 0.25) is 17.4 Å². The molecule has 0 fully saturated rings. The summed E-state index contributed by atoms with van der Waals surface area (Å²) < 4.78 is 41.6. The molecule has 0 saturated heterocycles. The lowest BCUT2D eigenvalue weighted by molar-refractivity contribution is -0.455. The molecule has 15 heteroatoms. The Balaban J connectivity index is 1.09. The van der Waals surface area contributed by atoms with E-state index in [1.165, 1.54) is 40.6 Å². The van der Waals surface area contributed by atoms with Crippen molar-refractivity contribution in [2.45, 2.75) is 80.5 Å². The minimum absolute atomic E-state index is 0.129. The van der Waals surface area contributed by atoms with Crippen LogP contribution >= 0.6 is 12.0 Å². The number of unbranched alkanes of at least 4 members (excludes halogenated alkanes) is 2. The van der Waals surface area contributed by atoms with Crippen molar-refractivity contribution in [1.29, 1.82) is 0 Å². The maximum absolute atomic E-state index is 12.5. The van der Waals surface area contributed by atoms with Crippen molar-refractivity contribution < 1.29 is 52.0 Å². The summed E-state index contributed by atoms with van der Waals surface area (Å²) in [6, 6.07) is 31.9. The second-order valence-corrected chi connectivity index (χ2v) is 19.3. The van der Waals surface area contributed by atoms with Crippen LogP contribution in [0.5, 0.6) is 11.8 Å². The molecular weight excluding hydrogens is 867 g/mol. The normalized spacial score (nSPS) is 16.2. The van der Waals surface area contributed by atoms with Gasteiger partial charge in [-0.15, -0.1) is 9.06 Å². The molecule has 2 aliphatic heterocycles. The molecule has 0 aliphatic carbocycles. The molecule has 2 aliphatic rings. The third-order valence-electron chi connectivity index (χ3n) is 12.3. The number of benzene rings is 5. The van der Waals surface area contributed by atoms with Crippen molar-refractivity contribution in [3.8, 4) is 11.8 Å². The summed E-state index contributed by atoms with van der Waals surface area (Å²) in [5, 5.41) is 37.1. The average molecular weight is 917 g/mol. The van der Waals surface area contributed by atoms with Gasteiger partial charge in [-0.3, -0.25) is 4.55 Å². The van der Waals surface area contributed by atoms with Gasteiger partial charge in [-0.1, -0.05) is 104 Å². The smallest absolute Gasteiger partial charge is 0.333 e. The molecule has 0 unspecified atom stereocenters. The first kappa shape index (κ1) is 45.4. The van der Waals surface area contributed by atoms with Crippen LogP contribution < -0.4 is 9.74 Å². The molecule has 0 bridgehead atoms. The fourth-order valence-electron chi connectivity index (χ4n) is 9.32. The van der Waals surface area contributed by atoms with E-state index in [0.717, 1.165) is 52.0 Å². The highest BCUT2D eigenvalue weighted by molar-refractivity contribution is 7.94. The molecule has 336 valence electrons. The van der Waals surface area contributed by atoms with Crippen molar-refractivity contribution in [2.24, 2.45) is 0 Å². The minimum atomic E-state index is -4.52. The first-order valence-corrected chi connectivity index (χ1v) is 23.4. The van der Waals surface area contributed by atoms with Gasteiger partial charge in [0.05, 0.1) is 22.4 Å². The van der Waals surface area contributed by atoms with Crippen LogP contribution in [0.15, 0.2) is 149 Å². The summed E-state index contributed by atoms with van der Waals surface area (Å²) in [5.41, 5.74) is 6.49. The van der Waals surface area contributed by atoms with Gasteiger partial charge in [0, 0.05) is 70.1 Å². The predicted molar refractivity (Wildman–Crippen MR) is 251 cm³/mol. The zero-order valence-corrected chi connectivity index (χ0v) is 38.0. The second-order valence-electron chi connectivity index (χ2n) is 17.1. The second kappa shape index (κ2) is 18.4. The van der Waals surface area contributed by atoms with E-state index >= 15 is 0 Å². The number of carbonyl (C=O) groups is 1. The highest BCUT2D eigenvalue weighted by Gasteiger charge is 2.46. The molecule has 8 rings (SSSR count). The predicted octanol–water partition coefficient (Wildman–Crippen LogP) is 10.5. The number of nitrogens with zero attached hydrogens (tertiary/aromatic N) is 3. The Morgan fingerprint density at radius 3 is 2.15 bits per heavy atom. The summed E-state index contributed by atoms with van der Waals surface area (Å²) in [4.78, 5) is 20.0. The van der Waals surface area contributed by atoms with Crippen LogP contribution in [0.3, 0.4) is 0 Å². The number of rotatable bonds is 16. The summed E-state index contributed by atoms with van der Waals surface area (Å²) in [5.74, 6) is -1.26. The average Bonchev–Trinajstić information content (AvgIpc) is 3.80. The van der Waals surface area contributed by atoms with E-state index in [-0.39, 0.29) is 28.5 Å². The van der Waals surface area contributed by atoms with Crippen molar-refractivity contribution in [3.63, 3.8) is 0 Å². The van der Waals surface area contributed by atoms with Gasteiger partial charge in [-0.25, -0.2) is 10.1 Å². The molecule has 0 amide bonds. The van der Waals surface area contributed by atoms with Gasteiger partial charge < -0.3 is 20.0 Å². The van der Waals surface area contributed by atoms with E-state index in [4.69, 9.17) is 14.4 Å². The van der Waals surface area contributed by atoms with Gasteiger partial charge >= 0.3 is 5.97 Å². The summed E-state index contributed by atoms with van der Waals surface area (Å²) in [6.07, 6.45) is 12.6. The Hall–Kier alpha value is -6.20. The number of allylic oxidation sites excluding steroid dienone is 6. The van der Waals surface area contributed by atoms with Gasteiger partial charge in [0.1, 0.15) is 0 Å². The Labute approximate surface area is 381 Å². The highest BCUT2D eigenvalue weighted by atomic mass is 32.2. The zero-order chi connectivity index (χ0) is 46.1. The molecule has 4 N–H and O–H groups in total. The largest absolute Gasteiger partial charge is 0.492 e. The first-order valence-electron chi connectivity index (χ1n) is 21.2. The monoisotopic (exact) mass is 916 g/mol. The molecule has 0 saturated carbocycles. The Morgan fingerprint density at radius 1 is 0.785 bits per heavy atom. The number of hydrogen-bond donors (Lipinski definition) is 4. The van der Waals surface area contributed by atoms with Crippen molar-refractivity contribution in [2.75, 3.05) is 11.4 Å². The van der Waals surface area contributed by atoms with Crippen LogP contribution in [0.2, 0.25) is 0 Å². The third kappa shape index (κ3) is 8.95. The maximum Gasteiger partial charge on any atom is 0.333 e. The van der Waals surface area contributed by atoms with Crippen LogP contribution in [0.1, 0.15) is 70.1 Å². The van der Waals surface area contributed by atoms with Crippen LogP contribution in [0.4, 0.5) is 11.4 Å². The van der Waals surface area contributed by atoms with E-state index in [0.29, 0.717) is 46.7 Å². The molecule has 13 nitrogen and oxygen atoms in total. The molecule has 1 aromatic heterocycles. The van der Waals surface area contributed by atoms with Crippen LogP contribution in [-0.2, 0) is 41.7 Å². The SMILES string of the molecule is CC1(C)C(=CC=CC=CC2=[N+](Cc3ccc(S(=O)(=O)O)cc3SOOO)c3ccc4ccccc4c3C2(C)C)N(CCCCCC(=O)On2c(O)ccc2O)c2ccc3ccccc3c21. The molecule has 65 heavy (non-hydrogen) atoms. The molecule has 5 aromatic carbocycles. The van der Waals surface area contributed by atoms with Crippen LogP contribution in [0, 0.1) is 0 Å². The molecular formula is C50H50N3O10S2+. The first-order chi connectivity index (χ1) is 31.1.